The van der Waals surface area contributed by atoms with E-state index in [4.69, 9.17) is 4.74 Å². The van der Waals surface area contributed by atoms with Crippen LogP contribution in [0.3, 0.4) is 0 Å². The molecule has 1 N–H and O–H groups in total. The summed E-state index contributed by atoms with van der Waals surface area (Å²) in [5.41, 5.74) is 3.00. The molecule has 2 aromatic carbocycles. The third kappa shape index (κ3) is 5.50. The number of ether oxygens (including phenoxy) is 1. The first-order valence-corrected chi connectivity index (χ1v) is 9.88. The number of thiazole rings is 1. The summed E-state index contributed by atoms with van der Waals surface area (Å²) >= 11 is 1.59. The molecule has 5 nitrogen and oxygen atoms in total. The van der Waals surface area contributed by atoms with Crippen LogP contribution < -0.4 is 10.1 Å². The summed E-state index contributed by atoms with van der Waals surface area (Å²) in [6, 6.07) is 16.5. The molecule has 3 rings (SSSR count). The lowest BCUT2D eigenvalue weighted by molar-refractivity contribution is -0.128. The lowest BCUT2D eigenvalue weighted by Gasteiger charge is -2.16. The van der Waals surface area contributed by atoms with Crippen LogP contribution in [0.15, 0.2) is 60.0 Å². The molecule has 0 spiro atoms. The number of nitrogens with one attached hydrogen (secondary N) is 1. The monoisotopic (exact) mass is 394 g/mol. The third-order valence-electron chi connectivity index (χ3n) is 4.20. The number of nitrogens with zero attached hydrogens (tertiary/aromatic N) is 1. The van der Waals surface area contributed by atoms with E-state index in [2.05, 4.69) is 10.3 Å². The van der Waals surface area contributed by atoms with Crippen LogP contribution in [0, 0.1) is 6.92 Å². The van der Waals surface area contributed by atoms with Gasteiger partial charge in [0.15, 0.2) is 12.4 Å². The molecule has 1 aromatic heterocycles. The van der Waals surface area contributed by atoms with Crippen molar-refractivity contribution in [3.05, 3.63) is 71.2 Å². The van der Waals surface area contributed by atoms with Gasteiger partial charge in [-0.1, -0.05) is 30.3 Å². The molecule has 0 aliphatic rings. The van der Waals surface area contributed by atoms with Gasteiger partial charge in [0.2, 0.25) is 0 Å². The molecular weight excluding hydrogens is 372 g/mol. The van der Waals surface area contributed by atoms with Crippen LogP contribution in [0.2, 0.25) is 0 Å². The molecule has 144 valence electrons. The standard InChI is InChI=1S/C22H22N2O3S/c1-15-14-28-22(23-15)18-8-10-19(11-9-18)27-13-21(26)24-20(16(2)25)12-17-6-4-3-5-7-17/h3-11,14,20H,12-13H2,1-2H3,(H,24,26)/t20-/m0/s1. The Morgan fingerprint density at radius 1 is 1.11 bits per heavy atom. The first-order chi connectivity index (χ1) is 13.5. The number of benzene rings is 2. The second-order valence-electron chi connectivity index (χ2n) is 6.53. The Morgan fingerprint density at radius 3 is 2.43 bits per heavy atom. The van der Waals surface area contributed by atoms with Gasteiger partial charge in [-0.2, -0.15) is 0 Å². The molecule has 6 heteroatoms. The van der Waals surface area contributed by atoms with Crippen LogP contribution in [0.5, 0.6) is 5.75 Å². The second kappa shape index (κ2) is 9.28. The molecule has 0 saturated carbocycles. The molecular formula is C22H22N2O3S. The van der Waals surface area contributed by atoms with Gasteiger partial charge in [-0.15, -0.1) is 11.3 Å². The zero-order valence-corrected chi connectivity index (χ0v) is 16.7. The summed E-state index contributed by atoms with van der Waals surface area (Å²) < 4.78 is 5.55. The van der Waals surface area contributed by atoms with E-state index < -0.39 is 6.04 Å². The number of ketones is 1. The number of carbonyl (C=O) groups excluding carboxylic acids is 2. The Morgan fingerprint density at radius 2 is 1.82 bits per heavy atom. The van der Waals surface area contributed by atoms with Crippen LogP contribution >= 0.6 is 11.3 Å². The van der Waals surface area contributed by atoms with E-state index in [0.29, 0.717) is 12.2 Å². The normalized spacial score (nSPS) is 11.6. The Labute approximate surface area is 168 Å². The number of aryl methyl sites for hydroxylation is 1. The largest absolute Gasteiger partial charge is 0.484 e. The minimum absolute atomic E-state index is 0.0831. The Bertz CT molecular complexity index is 936. The Kier molecular flexibility index (Phi) is 6.55. The van der Waals surface area contributed by atoms with Gasteiger partial charge in [0, 0.05) is 16.6 Å². The van der Waals surface area contributed by atoms with Crippen molar-refractivity contribution in [2.75, 3.05) is 6.61 Å². The van der Waals surface area contributed by atoms with Crippen LogP contribution in [0.25, 0.3) is 10.6 Å². The maximum absolute atomic E-state index is 12.2. The van der Waals surface area contributed by atoms with E-state index in [1.54, 1.807) is 11.3 Å². The lowest BCUT2D eigenvalue weighted by atomic mass is 10.0. The van der Waals surface area contributed by atoms with Gasteiger partial charge in [-0.05, 0) is 50.1 Å². The smallest absolute Gasteiger partial charge is 0.258 e. The predicted octanol–water partition coefficient (Wildman–Crippen LogP) is 3.81. The molecule has 0 saturated heterocycles. The average molecular weight is 394 g/mol. The summed E-state index contributed by atoms with van der Waals surface area (Å²) in [4.78, 5) is 28.5. The Hall–Kier alpha value is -2.99. The molecule has 1 atom stereocenters. The van der Waals surface area contributed by atoms with Gasteiger partial charge in [0.25, 0.3) is 5.91 Å². The fourth-order valence-corrected chi connectivity index (χ4v) is 3.52. The molecule has 0 unspecified atom stereocenters. The van der Waals surface area contributed by atoms with Crippen molar-refractivity contribution >= 4 is 23.0 Å². The fraction of sp³-hybridized carbons (Fsp3) is 0.227. The van der Waals surface area contributed by atoms with Crippen LogP contribution in [-0.2, 0) is 16.0 Å². The van der Waals surface area contributed by atoms with Crippen LogP contribution in [0.1, 0.15) is 18.2 Å². The van der Waals surface area contributed by atoms with E-state index in [0.717, 1.165) is 21.8 Å². The summed E-state index contributed by atoms with van der Waals surface area (Å²) in [6.07, 6.45) is 0.462. The number of amides is 1. The van der Waals surface area contributed by atoms with E-state index >= 15 is 0 Å². The van der Waals surface area contributed by atoms with Crippen LogP contribution in [0.4, 0.5) is 0 Å². The van der Waals surface area contributed by atoms with Crippen molar-refractivity contribution in [1.82, 2.24) is 10.3 Å². The highest BCUT2D eigenvalue weighted by atomic mass is 32.1. The quantitative estimate of drug-likeness (QED) is 0.631. The molecule has 1 amide bonds. The third-order valence-corrected chi connectivity index (χ3v) is 5.21. The zero-order chi connectivity index (χ0) is 19.9. The number of carbonyl (C=O) groups is 2. The maximum Gasteiger partial charge on any atom is 0.258 e. The van der Waals surface area contributed by atoms with E-state index in [1.807, 2.05) is 66.9 Å². The zero-order valence-electron chi connectivity index (χ0n) is 15.8. The average Bonchev–Trinajstić information content (AvgIpc) is 3.13. The topological polar surface area (TPSA) is 68.3 Å². The molecule has 0 aliphatic carbocycles. The van der Waals surface area contributed by atoms with Gasteiger partial charge in [-0.25, -0.2) is 4.98 Å². The first kappa shape index (κ1) is 19.8. The molecule has 28 heavy (non-hydrogen) atoms. The van der Waals surface area contributed by atoms with E-state index in [1.165, 1.54) is 6.92 Å². The minimum atomic E-state index is -0.561. The highest BCUT2D eigenvalue weighted by molar-refractivity contribution is 7.13. The predicted molar refractivity (Wildman–Crippen MR) is 111 cm³/mol. The fourth-order valence-electron chi connectivity index (χ4n) is 2.71. The molecule has 0 bridgehead atoms. The van der Waals surface area contributed by atoms with Crippen LogP contribution in [-0.4, -0.2) is 29.3 Å². The Balaban J connectivity index is 1.53. The van der Waals surface area contributed by atoms with Crippen molar-refractivity contribution in [3.8, 4) is 16.3 Å². The molecule has 3 aromatic rings. The minimum Gasteiger partial charge on any atom is -0.484 e. The lowest BCUT2D eigenvalue weighted by Crippen LogP contribution is -2.43. The molecule has 0 aliphatic heterocycles. The number of hydrogen-bond acceptors (Lipinski definition) is 5. The maximum atomic E-state index is 12.2. The highest BCUT2D eigenvalue weighted by Gasteiger charge is 2.18. The number of rotatable bonds is 8. The molecule has 0 radical (unpaired) electrons. The van der Waals surface area contributed by atoms with E-state index in [-0.39, 0.29) is 18.3 Å². The number of Topliss-reactive ketones (excluding diaryl/α,β-unsaturated/α-hetero) is 1. The van der Waals surface area contributed by atoms with Crippen molar-refractivity contribution in [3.63, 3.8) is 0 Å². The van der Waals surface area contributed by atoms with Crippen molar-refractivity contribution in [1.29, 1.82) is 0 Å². The molecule has 1 heterocycles. The summed E-state index contributed by atoms with van der Waals surface area (Å²) in [5, 5.41) is 5.71. The van der Waals surface area contributed by atoms with Crippen molar-refractivity contribution < 1.29 is 14.3 Å². The summed E-state index contributed by atoms with van der Waals surface area (Å²) in [5.74, 6) is 0.186. The highest BCUT2D eigenvalue weighted by Crippen LogP contribution is 2.25. The molecule has 0 fully saturated rings. The SMILES string of the molecule is CC(=O)[C@H](Cc1ccccc1)NC(=O)COc1ccc(-c2nc(C)cs2)cc1. The van der Waals surface area contributed by atoms with Gasteiger partial charge in [0.05, 0.1) is 6.04 Å². The van der Waals surface area contributed by atoms with E-state index in [9.17, 15) is 9.59 Å². The number of hydrogen-bond donors (Lipinski definition) is 1. The number of aromatic nitrogens is 1. The van der Waals surface area contributed by atoms with Gasteiger partial charge < -0.3 is 10.1 Å². The van der Waals surface area contributed by atoms with Gasteiger partial charge in [-0.3, -0.25) is 9.59 Å². The second-order valence-corrected chi connectivity index (χ2v) is 7.39. The first-order valence-electron chi connectivity index (χ1n) is 9.00. The van der Waals surface area contributed by atoms with Crippen molar-refractivity contribution in [2.24, 2.45) is 0 Å². The summed E-state index contributed by atoms with van der Waals surface area (Å²) in [6.45, 7) is 3.30. The summed E-state index contributed by atoms with van der Waals surface area (Å²) in [7, 11) is 0. The van der Waals surface area contributed by atoms with Gasteiger partial charge in [0.1, 0.15) is 10.8 Å². The van der Waals surface area contributed by atoms with Crippen molar-refractivity contribution in [2.45, 2.75) is 26.3 Å². The van der Waals surface area contributed by atoms with Gasteiger partial charge >= 0.3 is 0 Å².